The fourth-order valence-corrected chi connectivity index (χ4v) is 4.48. The first-order chi connectivity index (χ1) is 12.9. The zero-order chi connectivity index (χ0) is 19.6. The zero-order valence-electron chi connectivity index (χ0n) is 17.2. The molecule has 0 N–H and O–H groups in total. The van der Waals surface area contributed by atoms with Gasteiger partial charge >= 0.3 is 0 Å². The van der Waals surface area contributed by atoms with Crippen LogP contribution in [0.15, 0.2) is 18.2 Å². The maximum absolute atomic E-state index is 12.9. The topological polar surface area (TPSA) is 43.9 Å². The number of hydrogen-bond acceptors (Lipinski definition) is 3. The molecule has 2 heterocycles. The summed E-state index contributed by atoms with van der Waals surface area (Å²) >= 11 is 0. The van der Waals surface area contributed by atoms with Crippen LogP contribution >= 0.6 is 0 Å². The Labute approximate surface area is 163 Å². The molecule has 2 aliphatic rings. The van der Waals surface area contributed by atoms with Crippen molar-refractivity contribution in [3.8, 4) is 0 Å². The number of amides is 2. The van der Waals surface area contributed by atoms with Crippen molar-refractivity contribution in [2.45, 2.75) is 47.0 Å². The van der Waals surface area contributed by atoms with Crippen LogP contribution in [0, 0.1) is 18.8 Å². The highest BCUT2D eigenvalue weighted by atomic mass is 16.2. The summed E-state index contributed by atoms with van der Waals surface area (Å²) in [6, 6.07) is 6.28. The Balaban J connectivity index is 1.73. The maximum Gasteiger partial charge on any atom is 0.228 e. The monoisotopic (exact) mass is 371 g/mol. The Hall–Kier alpha value is -2.04. The lowest BCUT2D eigenvalue weighted by atomic mass is 9.98. The molecule has 1 aromatic carbocycles. The van der Waals surface area contributed by atoms with Crippen molar-refractivity contribution in [3.63, 3.8) is 0 Å². The molecule has 0 radical (unpaired) electrons. The van der Waals surface area contributed by atoms with E-state index in [1.807, 2.05) is 15.9 Å². The van der Waals surface area contributed by atoms with E-state index in [0.717, 1.165) is 43.9 Å². The fourth-order valence-electron chi connectivity index (χ4n) is 4.48. The second-order valence-corrected chi connectivity index (χ2v) is 8.08. The first kappa shape index (κ1) is 19.7. The van der Waals surface area contributed by atoms with Crippen LogP contribution in [0.25, 0.3) is 0 Å². The molecule has 5 nitrogen and oxygen atoms in total. The van der Waals surface area contributed by atoms with Gasteiger partial charge in [-0.3, -0.25) is 9.59 Å². The molecule has 3 rings (SSSR count). The van der Waals surface area contributed by atoms with Gasteiger partial charge in [0.15, 0.2) is 0 Å². The predicted molar refractivity (Wildman–Crippen MR) is 110 cm³/mol. The summed E-state index contributed by atoms with van der Waals surface area (Å²) in [4.78, 5) is 31.7. The van der Waals surface area contributed by atoms with Gasteiger partial charge in [-0.05, 0) is 63.3 Å². The van der Waals surface area contributed by atoms with Crippen LogP contribution in [-0.4, -0.2) is 49.4 Å². The molecule has 5 heteroatoms. The number of piperidine rings is 1. The largest absolute Gasteiger partial charge is 0.372 e. The van der Waals surface area contributed by atoms with E-state index in [-0.39, 0.29) is 17.7 Å². The van der Waals surface area contributed by atoms with E-state index in [1.54, 1.807) is 0 Å². The molecule has 27 heavy (non-hydrogen) atoms. The first-order valence-electron chi connectivity index (χ1n) is 10.4. The predicted octanol–water partition coefficient (Wildman–Crippen LogP) is 3.45. The van der Waals surface area contributed by atoms with E-state index in [4.69, 9.17) is 0 Å². The van der Waals surface area contributed by atoms with E-state index >= 15 is 0 Å². The number of hydrogen-bond donors (Lipinski definition) is 0. The lowest BCUT2D eigenvalue weighted by Crippen LogP contribution is -2.43. The third kappa shape index (κ3) is 4.12. The molecular weight excluding hydrogens is 338 g/mol. The van der Waals surface area contributed by atoms with Gasteiger partial charge in [0.05, 0.1) is 5.92 Å². The fraction of sp³-hybridized carbons (Fsp3) is 0.636. The lowest BCUT2D eigenvalue weighted by Gasteiger charge is -2.32. The van der Waals surface area contributed by atoms with Gasteiger partial charge < -0.3 is 14.7 Å². The molecule has 0 bridgehead atoms. The van der Waals surface area contributed by atoms with E-state index in [0.29, 0.717) is 18.9 Å². The van der Waals surface area contributed by atoms with Crippen LogP contribution in [0.2, 0.25) is 0 Å². The van der Waals surface area contributed by atoms with E-state index in [1.165, 1.54) is 12.1 Å². The molecule has 0 aromatic heterocycles. The van der Waals surface area contributed by atoms with Gasteiger partial charge in [0.25, 0.3) is 0 Å². The lowest BCUT2D eigenvalue weighted by molar-refractivity contribution is -0.137. The van der Waals surface area contributed by atoms with Crippen molar-refractivity contribution in [2.24, 2.45) is 11.8 Å². The molecule has 0 saturated carbocycles. The van der Waals surface area contributed by atoms with Gasteiger partial charge in [-0.15, -0.1) is 0 Å². The zero-order valence-corrected chi connectivity index (χ0v) is 17.2. The highest BCUT2D eigenvalue weighted by Crippen LogP contribution is 2.32. The molecule has 2 amide bonds. The number of rotatable bonds is 5. The van der Waals surface area contributed by atoms with Crippen LogP contribution in [-0.2, 0) is 9.59 Å². The van der Waals surface area contributed by atoms with Crippen molar-refractivity contribution in [1.82, 2.24) is 4.90 Å². The van der Waals surface area contributed by atoms with Gasteiger partial charge in [-0.2, -0.15) is 0 Å². The molecule has 148 valence electrons. The van der Waals surface area contributed by atoms with Gasteiger partial charge in [-0.25, -0.2) is 0 Å². The summed E-state index contributed by atoms with van der Waals surface area (Å²) in [6.45, 7) is 12.7. The Morgan fingerprint density at radius 3 is 2.59 bits per heavy atom. The molecule has 2 saturated heterocycles. The van der Waals surface area contributed by atoms with Crippen molar-refractivity contribution in [3.05, 3.63) is 23.8 Å². The van der Waals surface area contributed by atoms with Crippen molar-refractivity contribution in [2.75, 3.05) is 42.5 Å². The summed E-state index contributed by atoms with van der Waals surface area (Å²) in [5.41, 5.74) is 3.22. The second-order valence-electron chi connectivity index (χ2n) is 8.08. The van der Waals surface area contributed by atoms with Crippen molar-refractivity contribution in [1.29, 1.82) is 0 Å². The van der Waals surface area contributed by atoms with Gasteiger partial charge in [0.2, 0.25) is 11.8 Å². The number of likely N-dealkylation sites (tertiary alicyclic amines) is 1. The van der Waals surface area contributed by atoms with Crippen LogP contribution in [0.4, 0.5) is 11.4 Å². The Kier molecular flexibility index (Phi) is 6.08. The Bertz CT molecular complexity index is 699. The normalized spacial score (nSPS) is 23.0. The third-order valence-corrected chi connectivity index (χ3v) is 6.04. The molecule has 2 atom stereocenters. The number of aryl methyl sites for hydroxylation is 1. The maximum atomic E-state index is 12.9. The Morgan fingerprint density at radius 1 is 1.22 bits per heavy atom. The van der Waals surface area contributed by atoms with Crippen LogP contribution < -0.4 is 9.80 Å². The molecule has 2 aliphatic heterocycles. The molecule has 0 spiro atoms. The molecule has 2 fully saturated rings. The van der Waals surface area contributed by atoms with Gasteiger partial charge in [0.1, 0.15) is 0 Å². The molecule has 0 aliphatic carbocycles. The average molecular weight is 372 g/mol. The highest BCUT2D eigenvalue weighted by molar-refractivity contribution is 6.01. The van der Waals surface area contributed by atoms with E-state index in [9.17, 15) is 9.59 Å². The number of carbonyl (C=O) groups excluding carboxylic acids is 2. The van der Waals surface area contributed by atoms with E-state index in [2.05, 4.69) is 44.7 Å². The Morgan fingerprint density at radius 2 is 1.96 bits per heavy atom. The SMILES string of the molecule is CCN(CC)c1ccc(N2CC(C(=O)N3CCCC(C)C3)CC2=O)c(C)c1. The molecule has 1 aromatic rings. The minimum absolute atomic E-state index is 0.0668. The van der Waals surface area contributed by atoms with Crippen molar-refractivity contribution >= 4 is 23.2 Å². The minimum Gasteiger partial charge on any atom is -0.372 e. The quantitative estimate of drug-likeness (QED) is 0.796. The summed E-state index contributed by atoms with van der Waals surface area (Å²) in [6.07, 6.45) is 2.60. The summed E-state index contributed by atoms with van der Waals surface area (Å²) in [5.74, 6) is 0.586. The smallest absolute Gasteiger partial charge is 0.228 e. The van der Waals surface area contributed by atoms with Gasteiger partial charge in [0, 0.05) is 50.5 Å². The van der Waals surface area contributed by atoms with Gasteiger partial charge in [-0.1, -0.05) is 6.92 Å². The summed E-state index contributed by atoms with van der Waals surface area (Å²) < 4.78 is 0. The summed E-state index contributed by atoms with van der Waals surface area (Å²) in [7, 11) is 0. The number of nitrogens with zero attached hydrogens (tertiary/aromatic N) is 3. The van der Waals surface area contributed by atoms with E-state index < -0.39 is 0 Å². The highest BCUT2D eigenvalue weighted by Gasteiger charge is 2.38. The minimum atomic E-state index is -0.204. The van der Waals surface area contributed by atoms with Crippen LogP contribution in [0.1, 0.15) is 45.6 Å². The molecular formula is C22H33N3O2. The third-order valence-electron chi connectivity index (χ3n) is 6.04. The average Bonchev–Trinajstić information content (AvgIpc) is 3.04. The second kappa shape index (κ2) is 8.32. The summed E-state index contributed by atoms with van der Waals surface area (Å²) in [5, 5.41) is 0. The number of carbonyl (C=O) groups is 2. The van der Waals surface area contributed by atoms with Crippen LogP contribution in [0.3, 0.4) is 0 Å². The standard InChI is InChI=1S/C22H33N3O2/c1-5-23(6-2)19-9-10-20(17(4)12-19)25-15-18(13-21(25)26)22(27)24-11-7-8-16(3)14-24/h9-10,12,16,18H,5-8,11,13-15H2,1-4H3. The number of benzene rings is 1. The van der Waals surface area contributed by atoms with Crippen molar-refractivity contribution < 1.29 is 9.59 Å². The van der Waals surface area contributed by atoms with Crippen LogP contribution in [0.5, 0.6) is 0 Å². The first-order valence-corrected chi connectivity index (χ1v) is 10.4. The number of anilines is 2. The molecule has 2 unspecified atom stereocenters.